The summed E-state index contributed by atoms with van der Waals surface area (Å²) in [6.07, 6.45) is 0.584. The van der Waals surface area contributed by atoms with Crippen LogP contribution in [0.25, 0.3) is 0 Å². The predicted molar refractivity (Wildman–Crippen MR) is 74.9 cm³/mol. The van der Waals surface area contributed by atoms with Gasteiger partial charge in [0.1, 0.15) is 0 Å². The molecule has 0 aliphatic carbocycles. The van der Waals surface area contributed by atoms with Gasteiger partial charge in [-0.2, -0.15) is 5.26 Å². The lowest BCUT2D eigenvalue weighted by Crippen LogP contribution is -2.51. The molecule has 1 aromatic rings. The number of piperazine rings is 1. The fraction of sp³-hybridized carbons (Fsp3) is 0.533. The number of hydrogen-bond donors (Lipinski definition) is 1. The van der Waals surface area contributed by atoms with Gasteiger partial charge in [-0.3, -0.25) is 0 Å². The fourth-order valence-corrected chi connectivity index (χ4v) is 2.95. The van der Waals surface area contributed by atoms with E-state index in [1.807, 2.05) is 0 Å². The van der Waals surface area contributed by atoms with Crippen LogP contribution >= 0.6 is 0 Å². The monoisotopic (exact) mass is 243 g/mol. The summed E-state index contributed by atoms with van der Waals surface area (Å²) < 4.78 is 0. The van der Waals surface area contributed by atoms with Crippen molar-refractivity contribution in [3.8, 4) is 6.07 Å². The lowest BCUT2D eigenvalue weighted by molar-refractivity contribution is 0.462. The van der Waals surface area contributed by atoms with Crippen LogP contribution in [-0.4, -0.2) is 25.7 Å². The highest BCUT2D eigenvalue weighted by Crippen LogP contribution is 2.27. The first-order chi connectivity index (χ1) is 8.61. The SMILES string of the molecule is Cc1cc(C)c(N2CCNC(CC#N)C2)c(C)c1. The Kier molecular flexibility index (Phi) is 3.88. The van der Waals surface area contributed by atoms with Crippen molar-refractivity contribution in [2.45, 2.75) is 33.2 Å². The molecule has 1 aliphatic heterocycles. The third kappa shape index (κ3) is 2.65. The van der Waals surface area contributed by atoms with Gasteiger partial charge in [-0.05, 0) is 31.9 Å². The highest BCUT2D eigenvalue weighted by molar-refractivity contribution is 5.60. The van der Waals surface area contributed by atoms with Crippen molar-refractivity contribution in [3.05, 3.63) is 28.8 Å². The highest BCUT2D eigenvalue weighted by Gasteiger charge is 2.21. The summed E-state index contributed by atoms with van der Waals surface area (Å²) in [5, 5.41) is 12.2. The molecule has 3 heteroatoms. The summed E-state index contributed by atoms with van der Waals surface area (Å²) in [6.45, 7) is 9.40. The van der Waals surface area contributed by atoms with E-state index in [1.54, 1.807) is 0 Å². The van der Waals surface area contributed by atoms with E-state index < -0.39 is 0 Å². The van der Waals surface area contributed by atoms with Gasteiger partial charge < -0.3 is 10.2 Å². The molecule has 1 heterocycles. The van der Waals surface area contributed by atoms with Crippen LogP contribution in [0.3, 0.4) is 0 Å². The van der Waals surface area contributed by atoms with Crippen LogP contribution < -0.4 is 10.2 Å². The molecule has 18 heavy (non-hydrogen) atoms. The van der Waals surface area contributed by atoms with E-state index in [2.05, 4.69) is 49.2 Å². The van der Waals surface area contributed by atoms with Gasteiger partial charge in [0.15, 0.2) is 0 Å². The molecular weight excluding hydrogens is 222 g/mol. The lowest BCUT2D eigenvalue weighted by atomic mass is 10.0. The van der Waals surface area contributed by atoms with Crippen LogP contribution in [-0.2, 0) is 0 Å². The molecular formula is C15H21N3. The van der Waals surface area contributed by atoms with Crippen LogP contribution in [0.1, 0.15) is 23.1 Å². The molecule has 1 aromatic carbocycles. The zero-order valence-electron chi connectivity index (χ0n) is 11.5. The molecule has 0 radical (unpaired) electrons. The van der Waals surface area contributed by atoms with Crippen LogP contribution in [0.5, 0.6) is 0 Å². The average molecular weight is 243 g/mol. The Balaban J connectivity index is 2.24. The Morgan fingerprint density at radius 3 is 2.61 bits per heavy atom. The van der Waals surface area contributed by atoms with Crippen LogP contribution in [0.4, 0.5) is 5.69 Å². The van der Waals surface area contributed by atoms with Crippen molar-refractivity contribution >= 4 is 5.69 Å². The molecule has 1 saturated heterocycles. The molecule has 0 bridgehead atoms. The summed E-state index contributed by atoms with van der Waals surface area (Å²) >= 11 is 0. The van der Waals surface area contributed by atoms with Gasteiger partial charge in [-0.25, -0.2) is 0 Å². The Labute approximate surface area is 109 Å². The van der Waals surface area contributed by atoms with Crippen molar-refractivity contribution in [2.24, 2.45) is 0 Å². The smallest absolute Gasteiger partial charge is 0.0638 e. The molecule has 1 aliphatic rings. The van der Waals surface area contributed by atoms with E-state index >= 15 is 0 Å². The molecule has 3 nitrogen and oxygen atoms in total. The van der Waals surface area contributed by atoms with Crippen molar-refractivity contribution in [1.29, 1.82) is 5.26 Å². The second-order valence-corrected chi connectivity index (χ2v) is 5.21. The molecule has 96 valence electrons. The molecule has 0 spiro atoms. The van der Waals surface area contributed by atoms with Crippen molar-refractivity contribution < 1.29 is 0 Å². The normalized spacial score (nSPS) is 19.7. The number of nitriles is 1. The van der Waals surface area contributed by atoms with Crippen LogP contribution in [0.2, 0.25) is 0 Å². The maximum Gasteiger partial charge on any atom is 0.0638 e. The Hall–Kier alpha value is -1.53. The molecule has 2 rings (SSSR count). The summed E-state index contributed by atoms with van der Waals surface area (Å²) in [6, 6.07) is 7.03. The lowest BCUT2D eigenvalue weighted by Gasteiger charge is -2.36. The first kappa shape index (κ1) is 12.9. The van der Waals surface area contributed by atoms with E-state index in [-0.39, 0.29) is 0 Å². The number of anilines is 1. The minimum absolute atomic E-state index is 0.295. The fourth-order valence-electron chi connectivity index (χ4n) is 2.95. The number of nitrogens with zero attached hydrogens (tertiary/aromatic N) is 2. The molecule has 0 saturated carbocycles. The van der Waals surface area contributed by atoms with Gasteiger partial charge in [-0.1, -0.05) is 17.7 Å². The summed E-state index contributed by atoms with van der Waals surface area (Å²) in [7, 11) is 0. The summed E-state index contributed by atoms with van der Waals surface area (Å²) in [5.41, 5.74) is 5.35. The predicted octanol–water partition coefficient (Wildman–Crippen LogP) is 2.30. The first-order valence-corrected chi connectivity index (χ1v) is 6.55. The van der Waals surface area contributed by atoms with Gasteiger partial charge in [0.2, 0.25) is 0 Å². The summed E-state index contributed by atoms with van der Waals surface area (Å²) in [4.78, 5) is 2.42. The Bertz CT molecular complexity index is 450. The van der Waals surface area contributed by atoms with Crippen molar-refractivity contribution in [1.82, 2.24) is 5.32 Å². The van der Waals surface area contributed by atoms with Gasteiger partial charge >= 0.3 is 0 Å². The second kappa shape index (κ2) is 5.41. The Morgan fingerprint density at radius 2 is 2.00 bits per heavy atom. The number of benzene rings is 1. The number of aryl methyl sites for hydroxylation is 3. The standard InChI is InChI=1S/C15H21N3/c1-11-8-12(2)15(13(3)9-11)18-7-6-17-14(10-18)4-5-16/h8-9,14,17H,4,6-7,10H2,1-3H3. The van der Waals surface area contributed by atoms with E-state index in [0.717, 1.165) is 19.6 Å². The van der Waals surface area contributed by atoms with E-state index in [4.69, 9.17) is 5.26 Å². The van der Waals surface area contributed by atoms with E-state index in [9.17, 15) is 0 Å². The third-order valence-electron chi connectivity index (χ3n) is 3.54. The van der Waals surface area contributed by atoms with Gasteiger partial charge in [0.05, 0.1) is 12.5 Å². The number of nitrogens with one attached hydrogen (secondary N) is 1. The highest BCUT2D eigenvalue weighted by atomic mass is 15.2. The minimum atomic E-state index is 0.295. The molecule has 0 aromatic heterocycles. The minimum Gasteiger partial charge on any atom is -0.368 e. The molecule has 1 atom stereocenters. The molecule has 1 unspecified atom stereocenters. The third-order valence-corrected chi connectivity index (χ3v) is 3.54. The zero-order valence-corrected chi connectivity index (χ0v) is 11.5. The van der Waals surface area contributed by atoms with Crippen LogP contribution in [0.15, 0.2) is 12.1 Å². The Morgan fingerprint density at radius 1 is 1.33 bits per heavy atom. The second-order valence-electron chi connectivity index (χ2n) is 5.21. The molecule has 1 fully saturated rings. The van der Waals surface area contributed by atoms with Crippen molar-refractivity contribution in [3.63, 3.8) is 0 Å². The average Bonchev–Trinajstić information content (AvgIpc) is 2.28. The maximum absolute atomic E-state index is 8.81. The quantitative estimate of drug-likeness (QED) is 0.866. The zero-order chi connectivity index (χ0) is 13.1. The molecule has 0 amide bonds. The van der Waals surface area contributed by atoms with E-state index in [0.29, 0.717) is 12.5 Å². The van der Waals surface area contributed by atoms with Crippen molar-refractivity contribution in [2.75, 3.05) is 24.5 Å². The number of rotatable bonds is 2. The molecule has 1 N–H and O–H groups in total. The largest absolute Gasteiger partial charge is 0.368 e. The number of hydrogen-bond acceptors (Lipinski definition) is 3. The maximum atomic E-state index is 8.81. The van der Waals surface area contributed by atoms with E-state index in [1.165, 1.54) is 22.4 Å². The van der Waals surface area contributed by atoms with Gasteiger partial charge in [0, 0.05) is 31.4 Å². The van der Waals surface area contributed by atoms with Gasteiger partial charge in [-0.15, -0.1) is 0 Å². The first-order valence-electron chi connectivity index (χ1n) is 6.55. The summed E-state index contributed by atoms with van der Waals surface area (Å²) in [5.74, 6) is 0. The van der Waals surface area contributed by atoms with Crippen LogP contribution in [0, 0.1) is 32.1 Å². The van der Waals surface area contributed by atoms with Gasteiger partial charge in [0.25, 0.3) is 0 Å². The topological polar surface area (TPSA) is 39.1 Å².